The predicted octanol–water partition coefficient (Wildman–Crippen LogP) is 5.24. The molecule has 4 heteroatoms. The SMILES string of the molecule is c1ccc(Nc2ccccc2N=Nc2ccccn2)cc1. The normalized spacial score (nSPS) is 10.7. The van der Waals surface area contributed by atoms with Crippen LogP contribution in [0.25, 0.3) is 0 Å². The van der Waals surface area contributed by atoms with Gasteiger partial charge < -0.3 is 5.32 Å². The van der Waals surface area contributed by atoms with E-state index in [1.54, 1.807) is 6.20 Å². The Kier molecular flexibility index (Phi) is 3.98. The molecule has 3 rings (SSSR count). The minimum absolute atomic E-state index is 0.590. The van der Waals surface area contributed by atoms with E-state index in [1.165, 1.54) is 0 Å². The highest BCUT2D eigenvalue weighted by molar-refractivity contribution is 5.71. The quantitative estimate of drug-likeness (QED) is 0.661. The van der Waals surface area contributed by atoms with Crippen LogP contribution in [0.2, 0.25) is 0 Å². The van der Waals surface area contributed by atoms with Gasteiger partial charge in [0.2, 0.25) is 0 Å². The van der Waals surface area contributed by atoms with E-state index in [-0.39, 0.29) is 0 Å². The molecule has 4 nitrogen and oxygen atoms in total. The molecule has 21 heavy (non-hydrogen) atoms. The number of hydrogen-bond acceptors (Lipinski definition) is 4. The van der Waals surface area contributed by atoms with Crippen molar-refractivity contribution in [3.8, 4) is 0 Å². The van der Waals surface area contributed by atoms with Crippen molar-refractivity contribution in [3.63, 3.8) is 0 Å². The predicted molar refractivity (Wildman–Crippen MR) is 84.6 cm³/mol. The summed E-state index contributed by atoms with van der Waals surface area (Å²) in [6.45, 7) is 0. The van der Waals surface area contributed by atoms with Gasteiger partial charge in [-0.1, -0.05) is 36.4 Å². The Balaban J connectivity index is 1.84. The summed E-state index contributed by atoms with van der Waals surface area (Å²) in [5, 5.41) is 11.8. The van der Waals surface area contributed by atoms with Gasteiger partial charge in [-0.05, 0) is 36.4 Å². The van der Waals surface area contributed by atoms with Crippen LogP contribution in [0, 0.1) is 0 Å². The molecule has 0 atom stereocenters. The molecule has 0 fully saturated rings. The van der Waals surface area contributed by atoms with E-state index in [0.29, 0.717) is 5.82 Å². The Bertz CT molecular complexity index is 724. The number of nitrogens with zero attached hydrogens (tertiary/aromatic N) is 3. The molecule has 0 saturated carbocycles. The van der Waals surface area contributed by atoms with E-state index < -0.39 is 0 Å². The smallest absolute Gasteiger partial charge is 0.174 e. The Hall–Kier alpha value is -3.01. The molecule has 1 N–H and O–H groups in total. The Morgan fingerprint density at radius 2 is 1.48 bits per heavy atom. The van der Waals surface area contributed by atoms with Crippen molar-refractivity contribution in [2.24, 2.45) is 10.2 Å². The first-order valence-electron chi connectivity index (χ1n) is 6.66. The molecular formula is C17H14N4. The molecular weight excluding hydrogens is 260 g/mol. The summed E-state index contributed by atoms with van der Waals surface area (Å²) >= 11 is 0. The summed E-state index contributed by atoms with van der Waals surface area (Å²) in [6.07, 6.45) is 1.70. The van der Waals surface area contributed by atoms with Gasteiger partial charge in [0.05, 0.1) is 5.69 Å². The highest BCUT2D eigenvalue weighted by Crippen LogP contribution is 2.28. The maximum Gasteiger partial charge on any atom is 0.174 e. The summed E-state index contributed by atoms with van der Waals surface area (Å²) < 4.78 is 0. The van der Waals surface area contributed by atoms with E-state index in [1.807, 2.05) is 72.8 Å². The number of pyridine rings is 1. The molecule has 0 aliphatic rings. The molecule has 0 amide bonds. The van der Waals surface area contributed by atoms with Crippen LogP contribution in [0.15, 0.2) is 89.2 Å². The second-order valence-electron chi connectivity index (χ2n) is 4.40. The number of azo groups is 1. The molecule has 0 aliphatic heterocycles. The van der Waals surface area contributed by atoms with Crippen LogP contribution in [0.1, 0.15) is 0 Å². The average molecular weight is 274 g/mol. The summed E-state index contributed by atoms with van der Waals surface area (Å²) in [7, 11) is 0. The first-order chi connectivity index (χ1) is 10.4. The number of anilines is 2. The van der Waals surface area contributed by atoms with Crippen LogP contribution >= 0.6 is 0 Å². The van der Waals surface area contributed by atoms with Crippen molar-refractivity contribution in [2.75, 3.05) is 5.32 Å². The summed E-state index contributed by atoms with van der Waals surface area (Å²) in [5.41, 5.74) is 2.69. The minimum Gasteiger partial charge on any atom is -0.354 e. The Morgan fingerprint density at radius 3 is 2.29 bits per heavy atom. The van der Waals surface area contributed by atoms with Gasteiger partial charge in [-0.25, -0.2) is 4.98 Å². The van der Waals surface area contributed by atoms with Gasteiger partial charge in [0.15, 0.2) is 5.82 Å². The standard InChI is InChI=1S/C17H14N4/c1-2-8-14(9-3-1)19-15-10-4-5-11-16(15)20-21-17-12-6-7-13-18-17/h1-13,19H. The van der Waals surface area contributed by atoms with Crippen LogP contribution in [0.4, 0.5) is 22.9 Å². The molecule has 1 aromatic heterocycles. The van der Waals surface area contributed by atoms with Gasteiger partial charge >= 0.3 is 0 Å². The molecule has 0 radical (unpaired) electrons. The second kappa shape index (κ2) is 6.43. The molecule has 0 unspecified atom stereocenters. The van der Waals surface area contributed by atoms with E-state index >= 15 is 0 Å². The largest absolute Gasteiger partial charge is 0.354 e. The number of aromatic nitrogens is 1. The average Bonchev–Trinajstić information content (AvgIpc) is 2.56. The van der Waals surface area contributed by atoms with Gasteiger partial charge in [-0.3, -0.25) is 0 Å². The summed E-state index contributed by atoms with van der Waals surface area (Å²) in [6, 6.07) is 23.3. The lowest BCUT2D eigenvalue weighted by Gasteiger charge is -2.08. The molecule has 0 aliphatic carbocycles. The molecule has 0 saturated heterocycles. The van der Waals surface area contributed by atoms with Gasteiger partial charge in [-0.15, -0.1) is 10.2 Å². The second-order valence-corrected chi connectivity index (χ2v) is 4.40. The van der Waals surface area contributed by atoms with Crippen molar-refractivity contribution in [1.82, 2.24) is 4.98 Å². The van der Waals surface area contributed by atoms with Crippen molar-refractivity contribution in [2.45, 2.75) is 0 Å². The van der Waals surface area contributed by atoms with Crippen LogP contribution < -0.4 is 5.32 Å². The lowest BCUT2D eigenvalue weighted by Crippen LogP contribution is -1.89. The molecule has 1 heterocycles. The number of hydrogen-bond donors (Lipinski definition) is 1. The fourth-order valence-electron chi connectivity index (χ4n) is 1.86. The van der Waals surface area contributed by atoms with Crippen LogP contribution in [0.5, 0.6) is 0 Å². The van der Waals surface area contributed by atoms with E-state index in [4.69, 9.17) is 0 Å². The van der Waals surface area contributed by atoms with Gasteiger partial charge in [-0.2, -0.15) is 0 Å². The van der Waals surface area contributed by atoms with E-state index in [2.05, 4.69) is 20.5 Å². The first kappa shape index (κ1) is 13.0. The zero-order valence-corrected chi connectivity index (χ0v) is 11.3. The Labute approximate surface area is 123 Å². The van der Waals surface area contributed by atoms with Crippen LogP contribution in [-0.2, 0) is 0 Å². The Morgan fingerprint density at radius 1 is 0.714 bits per heavy atom. The maximum atomic E-state index is 4.27. The van der Waals surface area contributed by atoms with E-state index in [0.717, 1.165) is 17.1 Å². The molecule has 2 aromatic carbocycles. The highest BCUT2D eigenvalue weighted by atomic mass is 15.2. The third kappa shape index (κ3) is 3.51. The van der Waals surface area contributed by atoms with Crippen molar-refractivity contribution >= 4 is 22.9 Å². The maximum absolute atomic E-state index is 4.27. The van der Waals surface area contributed by atoms with Crippen molar-refractivity contribution in [3.05, 3.63) is 79.0 Å². The third-order valence-corrected chi connectivity index (χ3v) is 2.87. The zero-order chi connectivity index (χ0) is 14.3. The monoisotopic (exact) mass is 274 g/mol. The molecule has 0 spiro atoms. The fourth-order valence-corrected chi connectivity index (χ4v) is 1.86. The van der Waals surface area contributed by atoms with Gasteiger partial charge in [0.1, 0.15) is 5.69 Å². The highest BCUT2D eigenvalue weighted by Gasteiger charge is 2.01. The minimum atomic E-state index is 0.590. The van der Waals surface area contributed by atoms with Crippen molar-refractivity contribution < 1.29 is 0 Å². The first-order valence-corrected chi connectivity index (χ1v) is 6.66. The number of benzene rings is 2. The fraction of sp³-hybridized carbons (Fsp3) is 0. The third-order valence-electron chi connectivity index (χ3n) is 2.87. The number of para-hydroxylation sites is 2. The molecule has 102 valence electrons. The molecule has 0 bridgehead atoms. The number of rotatable bonds is 4. The number of nitrogens with one attached hydrogen (secondary N) is 1. The topological polar surface area (TPSA) is 49.6 Å². The van der Waals surface area contributed by atoms with Crippen molar-refractivity contribution in [1.29, 1.82) is 0 Å². The lowest BCUT2D eigenvalue weighted by atomic mass is 10.2. The summed E-state index contributed by atoms with van der Waals surface area (Å²) in [5.74, 6) is 0.590. The van der Waals surface area contributed by atoms with Gasteiger partial charge in [0, 0.05) is 11.9 Å². The lowest BCUT2D eigenvalue weighted by molar-refractivity contribution is 1.15. The van der Waals surface area contributed by atoms with E-state index in [9.17, 15) is 0 Å². The zero-order valence-electron chi connectivity index (χ0n) is 11.3. The molecule has 3 aromatic rings. The van der Waals surface area contributed by atoms with Gasteiger partial charge in [0.25, 0.3) is 0 Å². The summed E-state index contributed by atoms with van der Waals surface area (Å²) in [4.78, 5) is 4.13. The van der Waals surface area contributed by atoms with Crippen LogP contribution in [0.3, 0.4) is 0 Å². The van der Waals surface area contributed by atoms with Crippen LogP contribution in [-0.4, -0.2) is 4.98 Å².